The first-order chi connectivity index (χ1) is 15.7. The molecular formula is C23H23Cl3N2O4S. The van der Waals surface area contributed by atoms with Crippen molar-refractivity contribution in [2.45, 2.75) is 57.5 Å². The fraction of sp³-hybridized carbons (Fsp3) is 0.435. The largest absolute Gasteiger partial charge is 0.384 e. The Balaban J connectivity index is 1.60. The van der Waals surface area contributed by atoms with Crippen LogP contribution in [0, 0.1) is 0 Å². The summed E-state index contributed by atoms with van der Waals surface area (Å²) in [4.78, 5) is 32.2. The van der Waals surface area contributed by atoms with E-state index in [0.29, 0.717) is 26.4 Å². The van der Waals surface area contributed by atoms with Crippen LogP contribution in [0.2, 0.25) is 15.1 Å². The number of Topliss-reactive ketones (excluding diaryl/α,β-unsaturated/α-hetero) is 1. The van der Waals surface area contributed by atoms with Crippen LogP contribution in [-0.2, 0) is 28.1 Å². The number of thiophene rings is 1. The number of hydrogen-bond donors (Lipinski definition) is 2. The number of ketones is 1. The summed E-state index contributed by atoms with van der Waals surface area (Å²) in [7, 11) is 0. The maximum atomic E-state index is 13.0. The Morgan fingerprint density at radius 3 is 2.48 bits per heavy atom. The normalized spacial score (nSPS) is 19.6. The zero-order valence-electron chi connectivity index (χ0n) is 18.0. The molecule has 4 rings (SSSR count). The van der Waals surface area contributed by atoms with Gasteiger partial charge in [0.15, 0.2) is 11.4 Å². The summed E-state index contributed by atoms with van der Waals surface area (Å²) < 4.78 is 0. The van der Waals surface area contributed by atoms with E-state index >= 15 is 0 Å². The average molecular weight is 530 g/mol. The third-order valence-corrected chi connectivity index (χ3v) is 8.61. The van der Waals surface area contributed by atoms with Crippen LogP contribution in [0.15, 0.2) is 17.3 Å². The molecule has 1 aromatic carbocycles. The van der Waals surface area contributed by atoms with E-state index in [0.717, 1.165) is 53.0 Å². The first-order valence-electron chi connectivity index (χ1n) is 10.7. The third-order valence-electron chi connectivity index (χ3n) is 6.05. The lowest BCUT2D eigenvalue weighted by Gasteiger charge is -2.23. The Bertz CT molecular complexity index is 1120. The molecule has 0 bridgehead atoms. The Morgan fingerprint density at radius 2 is 1.82 bits per heavy atom. The first-order valence-corrected chi connectivity index (χ1v) is 12.6. The van der Waals surface area contributed by atoms with Crippen molar-refractivity contribution in [3.63, 3.8) is 0 Å². The molecule has 1 aliphatic heterocycles. The van der Waals surface area contributed by atoms with E-state index in [2.05, 4.69) is 10.5 Å². The van der Waals surface area contributed by atoms with Crippen LogP contribution >= 0.6 is 46.1 Å². The van der Waals surface area contributed by atoms with Crippen LogP contribution in [0.3, 0.4) is 0 Å². The number of carbonyl (C=O) groups is 2. The summed E-state index contributed by atoms with van der Waals surface area (Å²) in [5, 5.41) is 16.5. The quantitative estimate of drug-likeness (QED) is 0.275. The van der Waals surface area contributed by atoms with Gasteiger partial charge in [-0.2, -0.15) is 0 Å². The molecule has 0 radical (unpaired) electrons. The summed E-state index contributed by atoms with van der Waals surface area (Å²) in [6, 6.07) is 3.48. The van der Waals surface area contributed by atoms with Crippen LogP contribution in [0.5, 0.6) is 0 Å². The molecule has 0 spiro atoms. The van der Waals surface area contributed by atoms with Gasteiger partial charge < -0.3 is 15.3 Å². The molecule has 176 valence electrons. The van der Waals surface area contributed by atoms with Gasteiger partial charge in [-0.3, -0.25) is 9.59 Å². The van der Waals surface area contributed by atoms with Crippen LogP contribution in [0.1, 0.15) is 70.3 Å². The second kappa shape index (κ2) is 9.92. The maximum Gasteiger partial charge on any atom is 0.222 e. The molecule has 1 aliphatic carbocycles. The van der Waals surface area contributed by atoms with Crippen molar-refractivity contribution in [3.05, 3.63) is 53.6 Å². The molecule has 0 saturated heterocycles. The van der Waals surface area contributed by atoms with Gasteiger partial charge >= 0.3 is 0 Å². The highest BCUT2D eigenvalue weighted by atomic mass is 35.5. The van der Waals surface area contributed by atoms with Crippen molar-refractivity contribution < 1.29 is 19.5 Å². The number of nitrogens with zero attached hydrogens (tertiary/aromatic N) is 1. The minimum Gasteiger partial charge on any atom is -0.384 e. The van der Waals surface area contributed by atoms with Gasteiger partial charge in [0, 0.05) is 24.8 Å². The third kappa shape index (κ3) is 4.93. The van der Waals surface area contributed by atoms with Gasteiger partial charge in [-0.05, 0) is 55.9 Å². The molecular weight excluding hydrogens is 507 g/mol. The summed E-state index contributed by atoms with van der Waals surface area (Å²) in [5.74, 6) is -0.405. The summed E-state index contributed by atoms with van der Waals surface area (Å²) in [6.07, 6.45) is 4.44. The van der Waals surface area contributed by atoms with Gasteiger partial charge in [-0.15, -0.1) is 11.3 Å². The fourth-order valence-electron chi connectivity index (χ4n) is 4.28. The van der Waals surface area contributed by atoms with Crippen molar-refractivity contribution in [2.24, 2.45) is 5.16 Å². The predicted molar refractivity (Wildman–Crippen MR) is 131 cm³/mol. The molecule has 33 heavy (non-hydrogen) atoms. The van der Waals surface area contributed by atoms with Crippen molar-refractivity contribution in [1.29, 1.82) is 0 Å². The lowest BCUT2D eigenvalue weighted by molar-refractivity contribution is -0.122. The molecule has 1 aromatic heterocycles. The molecule has 6 nitrogen and oxygen atoms in total. The van der Waals surface area contributed by atoms with E-state index in [-0.39, 0.29) is 24.5 Å². The van der Waals surface area contributed by atoms with Crippen molar-refractivity contribution in [3.8, 4) is 0 Å². The van der Waals surface area contributed by atoms with E-state index < -0.39 is 12.3 Å². The van der Waals surface area contributed by atoms with E-state index in [4.69, 9.17) is 44.7 Å². The van der Waals surface area contributed by atoms with Crippen molar-refractivity contribution in [1.82, 2.24) is 5.32 Å². The average Bonchev–Trinajstić information content (AvgIpc) is 3.37. The molecule has 0 saturated carbocycles. The highest BCUT2D eigenvalue weighted by Crippen LogP contribution is 2.44. The zero-order chi connectivity index (χ0) is 23.8. The minimum atomic E-state index is -0.759. The summed E-state index contributed by atoms with van der Waals surface area (Å²) >= 11 is 20.0. The minimum absolute atomic E-state index is 0.0433. The topological polar surface area (TPSA) is 88.0 Å². The second-order valence-corrected chi connectivity index (χ2v) is 10.6. The lowest BCUT2D eigenvalue weighted by Crippen LogP contribution is -2.24. The van der Waals surface area contributed by atoms with Gasteiger partial charge in [0.2, 0.25) is 5.91 Å². The van der Waals surface area contributed by atoms with Gasteiger partial charge in [0.25, 0.3) is 0 Å². The summed E-state index contributed by atoms with van der Waals surface area (Å²) in [6.45, 7) is 1.49. The molecule has 1 unspecified atom stereocenters. The van der Waals surface area contributed by atoms with E-state index in [1.54, 1.807) is 12.1 Å². The highest BCUT2D eigenvalue weighted by molar-refractivity contribution is 7.16. The maximum absolute atomic E-state index is 13.0. The van der Waals surface area contributed by atoms with Crippen LogP contribution in [-0.4, -0.2) is 29.2 Å². The molecule has 10 heteroatoms. The highest BCUT2D eigenvalue weighted by Gasteiger charge is 2.39. The zero-order valence-corrected chi connectivity index (χ0v) is 21.1. The Hall–Kier alpha value is -1.64. The van der Waals surface area contributed by atoms with Gasteiger partial charge in [-0.1, -0.05) is 40.0 Å². The number of oxime groups is 1. The molecule has 2 aromatic rings. The number of nitrogens with one attached hydrogen (secondary N) is 1. The Labute approximate surface area is 210 Å². The van der Waals surface area contributed by atoms with Crippen molar-refractivity contribution >= 4 is 63.5 Å². The Morgan fingerprint density at radius 1 is 1.15 bits per heavy atom. The first kappa shape index (κ1) is 24.5. The molecule has 2 aliphatic rings. The monoisotopic (exact) mass is 528 g/mol. The van der Waals surface area contributed by atoms with Crippen molar-refractivity contribution in [2.75, 3.05) is 6.73 Å². The van der Waals surface area contributed by atoms with E-state index in [9.17, 15) is 9.59 Å². The summed E-state index contributed by atoms with van der Waals surface area (Å²) in [5.41, 5.74) is 3.04. The lowest BCUT2D eigenvalue weighted by atomic mass is 9.87. The number of halogens is 3. The fourth-order valence-corrected chi connectivity index (χ4v) is 6.22. The van der Waals surface area contributed by atoms with Gasteiger partial charge in [0.1, 0.15) is 12.4 Å². The predicted octanol–water partition coefficient (Wildman–Crippen LogP) is 5.66. The smallest absolute Gasteiger partial charge is 0.222 e. The van der Waals surface area contributed by atoms with Crippen LogP contribution < -0.4 is 5.32 Å². The number of carbonyl (C=O) groups excluding carboxylic acids is 2. The Kier molecular flexibility index (Phi) is 7.36. The van der Waals surface area contributed by atoms with E-state index in [1.807, 2.05) is 6.92 Å². The number of amides is 1. The number of fused-ring (bicyclic) bond motifs is 1. The van der Waals surface area contributed by atoms with E-state index in [1.165, 1.54) is 11.3 Å². The number of aliphatic hydroxyl groups is 1. The molecule has 1 amide bonds. The number of rotatable bonds is 7. The molecule has 2 N–H and O–H groups in total. The standard InChI is InChI=1S/C23H23Cl3N2O4S/c1-23(12-8-15(24)20(26)16(25)9-12)10-17(28-32-23)21-13-4-2-3-5-14(13)22(33-21)18(30)6-7-19(31)27-11-29/h8-9,29H,2-7,10-11H2,1H3,(H,27,31). The van der Waals surface area contributed by atoms with Gasteiger partial charge in [-0.25, -0.2) is 0 Å². The second-order valence-electron chi connectivity index (χ2n) is 8.40. The van der Waals surface area contributed by atoms with Gasteiger partial charge in [0.05, 0.1) is 24.8 Å². The molecule has 1 atom stereocenters. The SMILES string of the molecule is CC1(c2cc(Cl)c(Cl)c(Cl)c2)CC(c2sc(C(=O)CCC(=O)NCO)c3c2CCCC3)=NO1. The molecule has 2 heterocycles. The number of hydrogen-bond acceptors (Lipinski definition) is 6. The number of benzene rings is 1. The van der Waals surface area contributed by atoms with Crippen LogP contribution in [0.4, 0.5) is 0 Å². The molecule has 0 fully saturated rings. The number of aliphatic hydroxyl groups excluding tert-OH is 1. The van der Waals surface area contributed by atoms with Crippen LogP contribution in [0.25, 0.3) is 0 Å².